The first-order valence-electron chi connectivity index (χ1n) is 8.79. The van der Waals surface area contributed by atoms with Crippen molar-refractivity contribution in [2.75, 3.05) is 26.8 Å². The Labute approximate surface area is 152 Å². The third-order valence-electron chi connectivity index (χ3n) is 5.07. The Morgan fingerprint density at radius 3 is 2.73 bits per heavy atom. The van der Waals surface area contributed by atoms with Crippen LogP contribution in [-0.2, 0) is 9.53 Å². The van der Waals surface area contributed by atoms with E-state index in [1.807, 2.05) is 44.2 Å². The molecule has 138 valence electrons. The van der Waals surface area contributed by atoms with Gasteiger partial charge in [0, 0.05) is 31.3 Å². The molecular weight excluding hydrogens is 332 g/mol. The maximum atomic E-state index is 13.2. The van der Waals surface area contributed by atoms with Gasteiger partial charge < -0.3 is 14.7 Å². The number of likely N-dealkylation sites (tertiary alicyclic amines) is 1. The standard InChI is InChI=1S/C20H24N2O4/c1-13(2)17-10-15(14-6-4-5-7-16(14)21-17)18(23)22-9-8-20(11-22,12-26-3)19(24)25/h4-7,10,13H,8-9,11-12H2,1-3H3,(H,24,25). The van der Waals surface area contributed by atoms with Gasteiger partial charge >= 0.3 is 5.97 Å². The minimum atomic E-state index is -1.03. The molecular formula is C20H24N2O4. The highest BCUT2D eigenvalue weighted by Gasteiger charge is 2.46. The maximum absolute atomic E-state index is 13.2. The maximum Gasteiger partial charge on any atom is 0.313 e. The molecule has 0 saturated carbocycles. The molecule has 1 atom stereocenters. The van der Waals surface area contributed by atoms with E-state index in [1.54, 1.807) is 4.90 Å². The number of rotatable bonds is 5. The topological polar surface area (TPSA) is 79.7 Å². The van der Waals surface area contributed by atoms with Crippen molar-refractivity contribution in [2.45, 2.75) is 26.2 Å². The van der Waals surface area contributed by atoms with E-state index in [0.29, 0.717) is 18.5 Å². The zero-order valence-electron chi connectivity index (χ0n) is 15.4. The number of carbonyl (C=O) groups excluding carboxylic acids is 1. The highest BCUT2D eigenvalue weighted by molar-refractivity contribution is 6.06. The van der Waals surface area contributed by atoms with Gasteiger partial charge in [-0.1, -0.05) is 32.0 Å². The summed E-state index contributed by atoms with van der Waals surface area (Å²) < 4.78 is 5.12. The number of methoxy groups -OCH3 is 1. The number of aromatic nitrogens is 1. The van der Waals surface area contributed by atoms with Crippen molar-refractivity contribution >= 4 is 22.8 Å². The average Bonchev–Trinajstić information content (AvgIpc) is 3.06. The molecule has 1 aromatic heterocycles. The van der Waals surface area contributed by atoms with Crippen LogP contribution in [0.1, 0.15) is 42.2 Å². The summed E-state index contributed by atoms with van der Waals surface area (Å²) in [4.78, 5) is 31.2. The molecule has 1 aliphatic rings. The normalized spacial score (nSPS) is 20.1. The molecule has 1 unspecified atom stereocenters. The van der Waals surface area contributed by atoms with Gasteiger partial charge in [-0.3, -0.25) is 14.6 Å². The first-order valence-corrected chi connectivity index (χ1v) is 8.79. The number of benzene rings is 1. The monoisotopic (exact) mass is 356 g/mol. The molecule has 1 aromatic carbocycles. The Balaban J connectivity index is 1.99. The summed E-state index contributed by atoms with van der Waals surface area (Å²) in [5.74, 6) is -0.877. The number of carboxylic acid groups (broad SMARTS) is 1. The largest absolute Gasteiger partial charge is 0.481 e. The molecule has 1 saturated heterocycles. The van der Waals surface area contributed by atoms with Crippen molar-refractivity contribution in [1.29, 1.82) is 0 Å². The molecule has 26 heavy (non-hydrogen) atoms. The first kappa shape index (κ1) is 18.3. The number of hydrogen-bond acceptors (Lipinski definition) is 4. The van der Waals surface area contributed by atoms with Gasteiger partial charge in [0.15, 0.2) is 0 Å². The molecule has 2 aromatic rings. The van der Waals surface area contributed by atoms with Crippen molar-refractivity contribution in [2.24, 2.45) is 5.41 Å². The third-order valence-corrected chi connectivity index (χ3v) is 5.07. The summed E-state index contributed by atoms with van der Waals surface area (Å²) >= 11 is 0. The van der Waals surface area contributed by atoms with Crippen molar-refractivity contribution in [3.05, 3.63) is 41.6 Å². The van der Waals surface area contributed by atoms with Crippen LogP contribution >= 0.6 is 0 Å². The number of amides is 1. The number of fused-ring (bicyclic) bond motifs is 1. The molecule has 3 rings (SSSR count). The second-order valence-electron chi connectivity index (χ2n) is 7.26. The van der Waals surface area contributed by atoms with Crippen molar-refractivity contribution < 1.29 is 19.4 Å². The van der Waals surface area contributed by atoms with Crippen molar-refractivity contribution in [1.82, 2.24) is 9.88 Å². The Bertz CT molecular complexity index is 849. The van der Waals surface area contributed by atoms with E-state index in [4.69, 9.17) is 4.74 Å². The fraction of sp³-hybridized carbons (Fsp3) is 0.450. The number of para-hydroxylation sites is 1. The lowest BCUT2D eigenvalue weighted by Crippen LogP contribution is -2.40. The summed E-state index contributed by atoms with van der Waals surface area (Å²) in [6.45, 7) is 4.73. The quantitative estimate of drug-likeness (QED) is 0.891. The van der Waals surface area contributed by atoms with Crippen LogP contribution in [0.3, 0.4) is 0 Å². The molecule has 1 fully saturated rings. The minimum absolute atomic E-state index is 0.0977. The van der Waals surface area contributed by atoms with E-state index in [1.165, 1.54) is 7.11 Å². The van der Waals surface area contributed by atoms with Crippen LogP contribution in [0.25, 0.3) is 10.9 Å². The summed E-state index contributed by atoms with van der Waals surface area (Å²) in [5.41, 5.74) is 1.18. The number of nitrogens with zero attached hydrogens (tertiary/aromatic N) is 2. The Morgan fingerprint density at radius 1 is 1.35 bits per heavy atom. The van der Waals surface area contributed by atoms with Gasteiger partial charge in [0.2, 0.25) is 0 Å². The zero-order chi connectivity index (χ0) is 18.9. The van der Waals surface area contributed by atoms with E-state index < -0.39 is 11.4 Å². The average molecular weight is 356 g/mol. The Kier molecular flexibility index (Phi) is 4.96. The Morgan fingerprint density at radius 2 is 2.08 bits per heavy atom. The van der Waals surface area contributed by atoms with Crippen molar-refractivity contribution in [3.8, 4) is 0 Å². The van der Waals surface area contributed by atoms with Gasteiger partial charge in [0.25, 0.3) is 5.91 Å². The zero-order valence-corrected chi connectivity index (χ0v) is 15.4. The minimum Gasteiger partial charge on any atom is -0.481 e. The van der Waals surface area contributed by atoms with E-state index in [9.17, 15) is 14.7 Å². The number of carbonyl (C=O) groups is 2. The summed E-state index contributed by atoms with van der Waals surface area (Å²) in [7, 11) is 1.49. The molecule has 0 spiro atoms. The molecule has 0 bridgehead atoms. The molecule has 0 aliphatic carbocycles. The molecule has 1 N–H and O–H groups in total. The van der Waals surface area contributed by atoms with Crippen LogP contribution < -0.4 is 0 Å². The van der Waals surface area contributed by atoms with Crippen LogP contribution in [-0.4, -0.2) is 53.7 Å². The molecule has 6 heteroatoms. The van der Waals surface area contributed by atoms with Crippen LogP contribution in [0.15, 0.2) is 30.3 Å². The second-order valence-corrected chi connectivity index (χ2v) is 7.26. The molecule has 2 heterocycles. The van der Waals surface area contributed by atoms with E-state index >= 15 is 0 Å². The van der Waals surface area contributed by atoms with Gasteiger partial charge in [0.05, 0.1) is 17.7 Å². The van der Waals surface area contributed by atoms with Crippen LogP contribution in [0.5, 0.6) is 0 Å². The summed E-state index contributed by atoms with van der Waals surface area (Å²) in [5, 5.41) is 10.4. The highest BCUT2D eigenvalue weighted by atomic mass is 16.5. The SMILES string of the molecule is COCC1(C(=O)O)CCN(C(=O)c2cc(C(C)C)nc3ccccc23)C1. The smallest absolute Gasteiger partial charge is 0.313 e. The lowest BCUT2D eigenvalue weighted by molar-refractivity contribution is -0.151. The van der Waals surface area contributed by atoms with Crippen LogP contribution in [0.2, 0.25) is 0 Å². The summed E-state index contributed by atoms with van der Waals surface area (Å²) in [6.07, 6.45) is 0.391. The number of hydrogen-bond donors (Lipinski definition) is 1. The predicted molar refractivity (Wildman–Crippen MR) is 98.3 cm³/mol. The molecule has 6 nitrogen and oxygen atoms in total. The molecule has 1 amide bonds. The molecule has 1 aliphatic heterocycles. The fourth-order valence-corrected chi connectivity index (χ4v) is 3.52. The van der Waals surface area contributed by atoms with Crippen molar-refractivity contribution in [3.63, 3.8) is 0 Å². The van der Waals surface area contributed by atoms with Gasteiger partial charge in [-0.05, 0) is 24.5 Å². The fourth-order valence-electron chi connectivity index (χ4n) is 3.52. The predicted octanol–water partition coefficient (Wildman–Crippen LogP) is 2.92. The summed E-state index contributed by atoms with van der Waals surface area (Å²) in [6, 6.07) is 9.40. The van der Waals surface area contributed by atoms with Gasteiger partial charge in [-0.2, -0.15) is 0 Å². The van der Waals surface area contributed by atoms with E-state index in [0.717, 1.165) is 16.6 Å². The van der Waals surface area contributed by atoms with Gasteiger partial charge in [-0.15, -0.1) is 0 Å². The van der Waals surface area contributed by atoms with Gasteiger partial charge in [0.1, 0.15) is 5.41 Å². The first-order chi connectivity index (χ1) is 12.4. The van der Waals surface area contributed by atoms with Crippen LogP contribution in [0.4, 0.5) is 0 Å². The van der Waals surface area contributed by atoms with E-state index in [2.05, 4.69) is 4.98 Å². The van der Waals surface area contributed by atoms with E-state index in [-0.39, 0.29) is 25.0 Å². The van der Waals surface area contributed by atoms with Crippen LogP contribution in [0, 0.1) is 5.41 Å². The lowest BCUT2D eigenvalue weighted by atomic mass is 9.88. The number of pyridine rings is 1. The third kappa shape index (κ3) is 3.17. The number of ether oxygens (including phenoxy) is 1. The lowest BCUT2D eigenvalue weighted by Gasteiger charge is -2.24. The highest BCUT2D eigenvalue weighted by Crippen LogP contribution is 2.33. The molecule has 0 radical (unpaired) electrons. The number of aliphatic carboxylic acids is 1. The van der Waals surface area contributed by atoms with Gasteiger partial charge in [-0.25, -0.2) is 0 Å². The number of carboxylic acids is 1. The Hall–Kier alpha value is -2.47. The second kappa shape index (κ2) is 7.03.